The van der Waals surface area contributed by atoms with E-state index in [4.69, 9.17) is 0 Å². The van der Waals surface area contributed by atoms with Crippen LogP contribution >= 0.6 is 15.9 Å². The van der Waals surface area contributed by atoms with Crippen molar-refractivity contribution in [2.75, 3.05) is 13.1 Å². The molecule has 20 heavy (non-hydrogen) atoms. The van der Waals surface area contributed by atoms with Crippen molar-refractivity contribution in [2.45, 2.75) is 33.7 Å². The Bertz CT molecular complexity index is 575. The normalized spacial score (nSPS) is 11.0. The van der Waals surface area contributed by atoms with E-state index < -0.39 is 0 Å². The van der Waals surface area contributed by atoms with E-state index >= 15 is 0 Å². The Balaban J connectivity index is 2.15. The van der Waals surface area contributed by atoms with Gasteiger partial charge in [-0.25, -0.2) is 0 Å². The first kappa shape index (κ1) is 15.3. The number of rotatable bonds is 6. The van der Waals surface area contributed by atoms with Gasteiger partial charge in [-0.05, 0) is 56.6 Å². The lowest BCUT2D eigenvalue weighted by Crippen LogP contribution is -2.16. The molecule has 2 aromatic rings. The van der Waals surface area contributed by atoms with Gasteiger partial charge < -0.3 is 5.32 Å². The standard InChI is InChI=1S/C16H22BrN3/c1-4-18-9-8-16-12(2)19-20(13(16)3)11-14-6-5-7-15(17)10-14/h5-7,10,18H,4,8-9,11H2,1-3H3. The molecule has 1 N–H and O–H groups in total. The van der Waals surface area contributed by atoms with Crippen molar-refractivity contribution in [3.8, 4) is 0 Å². The van der Waals surface area contributed by atoms with Crippen LogP contribution in [0.2, 0.25) is 0 Å². The molecule has 108 valence electrons. The number of benzene rings is 1. The smallest absolute Gasteiger partial charge is 0.0663 e. The predicted molar refractivity (Wildman–Crippen MR) is 87.2 cm³/mol. The van der Waals surface area contributed by atoms with Gasteiger partial charge in [-0.15, -0.1) is 0 Å². The summed E-state index contributed by atoms with van der Waals surface area (Å²) in [6.07, 6.45) is 1.05. The second-order valence-electron chi connectivity index (χ2n) is 5.04. The molecule has 0 bridgehead atoms. The van der Waals surface area contributed by atoms with Crippen LogP contribution in [0.5, 0.6) is 0 Å². The van der Waals surface area contributed by atoms with Gasteiger partial charge in [0.1, 0.15) is 0 Å². The third-order valence-corrected chi connectivity index (χ3v) is 4.05. The van der Waals surface area contributed by atoms with E-state index in [9.17, 15) is 0 Å². The summed E-state index contributed by atoms with van der Waals surface area (Å²) in [5.74, 6) is 0. The SMILES string of the molecule is CCNCCc1c(C)nn(Cc2cccc(Br)c2)c1C. The van der Waals surface area contributed by atoms with E-state index in [0.717, 1.165) is 36.2 Å². The summed E-state index contributed by atoms with van der Waals surface area (Å²) in [6, 6.07) is 8.40. The largest absolute Gasteiger partial charge is 0.317 e. The van der Waals surface area contributed by atoms with Gasteiger partial charge in [0.15, 0.2) is 0 Å². The molecule has 0 fully saturated rings. The van der Waals surface area contributed by atoms with Gasteiger partial charge in [-0.3, -0.25) is 4.68 Å². The number of nitrogens with zero attached hydrogens (tertiary/aromatic N) is 2. The second-order valence-corrected chi connectivity index (χ2v) is 5.96. The lowest BCUT2D eigenvalue weighted by atomic mass is 10.1. The summed E-state index contributed by atoms with van der Waals surface area (Å²) < 4.78 is 3.22. The molecule has 0 unspecified atom stereocenters. The average molecular weight is 336 g/mol. The van der Waals surface area contributed by atoms with Crippen LogP contribution < -0.4 is 5.32 Å². The van der Waals surface area contributed by atoms with E-state index in [1.807, 2.05) is 6.07 Å². The van der Waals surface area contributed by atoms with Crippen LogP contribution in [0.1, 0.15) is 29.4 Å². The lowest BCUT2D eigenvalue weighted by molar-refractivity contribution is 0.656. The van der Waals surface area contributed by atoms with Crippen molar-refractivity contribution in [1.82, 2.24) is 15.1 Å². The summed E-state index contributed by atoms with van der Waals surface area (Å²) in [6.45, 7) is 9.26. The topological polar surface area (TPSA) is 29.9 Å². The first-order valence-corrected chi connectivity index (χ1v) is 7.89. The van der Waals surface area contributed by atoms with Gasteiger partial charge in [0.2, 0.25) is 0 Å². The molecule has 1 aromatic heterocycles. The first-order chi connectivity index (χ1) is 9.61. The van der Waals surface area contributed by atoms with Crippen molar-refractivity contribution >= 4 is 15.9 Å². The van der Waals surface area contributed by atoms with Crippen LogP contribution in [-0.2, 0) is 13.0 Å². The molecule has 2 rings (SSSR count). The Morgan fingerprint density at radius 2 is 2.10 bits per heavy atom. The highest BCUT2D eigenvalue weighted by molar-refractivity contribution is 9.10. The van der Waals surface area contributed by atoms with Crippen LogP contribution in [0.4, 0.5) is 0 Å². The molecule has 1 heterocycles. The van der Waals surface area contributed by atoms with Crippen LogP contribution in [0, 0.1) is 13.8 Å². The molecule has 0 aliphatic rings. The maximum Gasteiger partial charge on any atom is 0.0663 e. The number of nitrogens with one attached hydrogen (secondary N) is 1. The number of hydrogen-bond acceptors (Lipinski definition) is 2. The fourth-order valence-electron chi connectivity index (χ4n) is 2.45. The number of hydrogen-bond donors (Lipinski definition) is 1. The minimum atomic E-state index is 0.827. The fraction of sp³-hybridized carbons (Fsp3) is 0.438. The van der Waals surface area contributed by atoms with Gasteiger partial charge in [-0.1, -0.05) is 35.0 Å². The maximum absolute atomic E-state index is 4.69. The summed E-state index contributed by atoms with van der Waals surface area (Å²) in [5, 5.41) is 8.06. The van der Waals surface area contributed by atoms with E-state index in [2.05, 4.69) is 70.0 Å². The Morgan fingerprint density at radius 1 is 1.30 bits per heavy atom. The molecule has 0 saturated heterocycles. The minimum Gasteiger partial charge on any atom is -0.317 e. The first-order valence-electron chi connectivity index (χ1n) is 7.10. The molecule has 1 aromatic carbocycles. The third kappa shape index (κ3) is 3.70. The minimum absolute atomic E-state index is 0.827. The van der Waals surface area contributed by atoms with Gasteiger partial charge in [0.05, 0.1) is 12.2 Å². The van der Waals surface area contributed by atoms with Gasteiger partial charge in [-0.2, -0.15) is 5.10 Å². The Labute approximate surface area is 129 Å². The highest BCUT2D eigenvalue weighted by Crippen LogP contribution is 2.17. The van der Waals surface area contributed by atoms with Gasteiger partial charge in [0.25, 0.3) is 0 Å². The van der Waals surface area contributed by atoms with Crippen LogP contribution in [0.15, 0.2) is 28.7 Å². The monoisotopic (exact) mass is 335 g/mol. The summed E-state index contributed by atoms with van der Waals surface area (Å²) >= 11 is 3.52. The fourth-order valence-corrected chi connectivity index (χ4v) is 2.89. The van der Waals surface area contributed by atoms with E-state index in [-0.39, 0.29) is 0 Å². The maximum atomic E-state index is 4.69. The summed E-state index contributed by atoms with van der Waals surface area (Å²) in [7, 11) is 0. The van der Waals surface area contributed by atoms with E-state index in [1.165, 1.54) is 16.8 Å². The van der Waals surface area contributed by atoms with Crippen LogP contribution in [0.3, 0.4) is 0 Å². The molecule has 0 radical (unpaired) electrons. The molecule has 0 atom stereocenters. The highest BCUT2D eigenvalue weighted by Gasteiger charge is 2.11. The Morgan fingerprint density at radius 3 is 2.80 bits per heavy atom. The Hall–Kier alpha value is -1.13. The van der Waals surface area contributed by atoms with Crippen molar-refractivity contribution in [1.29, 1.82) is 0 Å². The third-order valence-electron chi connectivity index (χ3n) is 3.55. The molecule has 3 nitrogen and oxygen atoms in total. The van der Waals surface area contributed by atoms with Crippen molar-refractivity contribution in [3.63, 3.8) is 0 Å². The summed E-state index contributed by atoms with van der Waals surface area (Å²) in [4.78, 5) is 0. The Kier molecular flexibility index (Phi) is 5.38. The number of aromatic nitrogens is 2. The zero-order valence-electron chi connectivity index (χ0n) is 12.4. The second kappa shape index (κ2) is 7.04. The van der Waals surface area contributed by atoms with Crippen molar-refractivity contribution in [3.05, 3.63) is 51.3 Å². The molecule has 4 heteroatoms. The van der Waals surface area contributed by atoms with Crippen LogP contribution in [-0.4, -0.2) is 22.9 Å². The van der Waals surface area contributed by atoms with Gasteiger partial charge >= 0.3 is 0 Å². The average Bonchev–Trinajstić information content (AvgIpc) is 2.66. The molecular formula is C16H22BrN3. The zero-order chi connectivity index (χ0) is 14.5. The molecule has 0 aliphatic heterocycles. The van der Waals surface area contributed by atoms with E-state index in [0.29, 0.717) is 0 Å². The summed E-state index contributed by atoms with van der Waals surface area (Å²) in [5.41, 5.74) is 5.07. The molecule has 0 saturated carbocycles. The zero-order valence-corrected chi connectivity index (χ0v) is 14.0. The molecule has 0 amide bonds. The lowest BCUT2D eigenvalue weighted by Gasteiger charge is -2.06. The highest BCUT2D eigenvalue weighted by atomic mass is 79.9. The molecule has 0 spiro atoms. The van der Waals surface area contributed by atoms with E-state index in [1.54, 1.807) is 0 Å². The molecular weight excluding hydrogens is 314 g/mol. The van der Waals surface area contributed by atoms with Crippen molar-refractivity contribution in [2.24, 2.45) is 0 Å². The van der Waals surface area contributed by atoms with Gasteiger partial charge in [0, 0.05) is 10.2 Å². The predicted octanol–water partition coefficient (Wildman–Crippen LogP) is 3.46. The van der Waals surface area contributed by atoms with Crippen molar-refractivity contribution < 1.29 is 0 Å². The number of halogens is 1. The molecule has 0 aliphatic carbocycles. The number of aryl methyl sites for hydroxylation is 1. The number of likely N-dealkylation sites (N-methyl/N-ethyl adjacent to an activating group) is 1. The van der Waals surface area contributed by atoms with Crippen LogP contribution in [0.25, 0.3) is 0 Å². The quantitative estimate of drug-likeness (QED) is 0.819.